The van der Waals surface area contributed by atoms with E-state index in [4.69, 9.17) is 21.9 Å². The number of ether oxygens (including phenoxy) is 1. The molecule has 0 spiro atoms. The molecule has 0 amide bonds. The smallest absolute Gasteiger partial charge is 0.132 e. The number of terminal acetylenes is 1. The van der Waals surface area contributed by atoms with E-state index in [0.29, 0.717) is 18.3 Å². The van der Waals surface area contributed by atoms with Crippen molar-refractivity contribution in [2.75, 3.05) is 12.8 Å². The summed E-state index contributed by atoms with van der Waals surface area (Å²) in [6.45, 7) is 0.458. The van der Waals surface area contributed by atoms with Crippen LogP contribution in [0.1, 0.15) is 24.6 Å². The third kappa shape index (κ3) is 2.01. The molecular weight excluding hydrogens is 250 g/mol. The maximum atomic E-state index is 6.26. The average molecular weight is 267 g/mol. The highest BCUT2D eigenvalue weighted by Gasteiger charge is 2.31. The third-order valence-electron chi connectivity index (χ3n) is 3.59. The van der Waals surface area contributed by atoms with Crippen molar-refractivity contribution in [2.45, 2.75) is 25.3 Å². The lowest BCUT2D eigenvalue weighted by atomic mass is 10.1. The van der Waals surface area contributed by atoms with Crippen LogP contribution in [0.3, 0.4) is 0 Å². The van der Waals surface area contributed by atoms with Crippen LogP contribution in [0.15, 0.2) is 24.3 Å². The molecule has 4 nitrogen and oxygen atoms in total. The zero-order valence-electron chi connectivity index (χ0n) is 11.5. The summed E-state index contributed by atoms with van der Waals surface area (Å²) in [5.41, 5.74) is 7.93. The highest BCUT2D eigenvalue weighted by molar-refractivity contribution is 5.76. The zero-order chi connectivity index (χ0) is 14.1. The third-order valence-corrected chi connectivity index (χ3v) is 3.59. The van der Waals surface area contributed by atoms with Gasteiger partial charge in [-0.25, -0.2) is 4.98 Å². The number of nitrogen functional groups attached to an aromatic ring is 1. The van der Waals surface area contributed by atoms with E-state index in [9.17, 15) is 0 Å². The predicted molar refractivity (Wildman–Crippen MR) is 79.4 cm³/mol. The van der Waals surface area contributed by atoms with Crippen LogP contribution < -0.4 is 10.5 Å². The van der Waals surface area contributed by atoms with E-state index in [1.807, 2.05) is 28.8 Å². The van der Waals surface area contributed by atoms with Crippen molar-refractivity contribution in [1.82, 2.24) is 9.55 Å². The van der Waals surface area contributed by atoms with E-state index >= 15 is 0 Å². The number of para-hydroxylation sites is 1. The summed E-state index contributed by atoms with van der Waals surface area (Å²) >= 11 is 0. The van der Waals surface area contributed by atoms with Gasteiger partial charge in [-0.05, 0) is 25.0 Å². The summed E-state index contributed by atoms with van der Waals surface area (Å²) in [5.74, 6) is 5.54. The maximum Gasteiger partial charge on any atom is 0.132 e. The Labute approximate surface area is 118 Å². The summed E-state index contributed by atoms with van der Waals surface area (Å²) in [5, 5.41) is 0. The molecule has 4 heteroatoms. The van der Waals surface area contributed by atoms with E-state index in [2.05, 4.69) is 5.92 Å². The van der Waals surface area contributed by atoms with Gasteiger partial charge in [-0.3, -0.25) is 0 Å². The van der Waals surface area contributed by atoms with Crippen molar-refractivity contribution in [1.29, 1.82) is 0 Å². The summed E-state index contributed by atoms with van der Waals surface area (Å²) in [4.78, 5) is 4.73. The minimum atomic E-state index is 0.458. The normalized spacial score (nSPS) is 14.0. The average Bonchev–Trinajstić information content (AvgIpc) is 3.26. The Balaban J connectivity index is 2.14. The van der Waals surface area contributed by atoms with E-state index in [1.165, 1.54) is 0 Å². The molecule has 2 aromatic rings. The largest absolute Gasteiger partial charge is 0.496 e. The second-order valence-electron chi connectivity index (χ2n) is 4.97. The van der Waals surface area contributed by atoms with Gasteiger partial charge < -0.3 is 15.0 Å². The highest BCUT2D eigenvalue weighted by atomic mass is 16.5. The van der Waals surface area contributed by atoms with Crippen molar-refractivity contribution < 1.29 is 4.74 Å². The second kappa shape index (κ2) is 4.93. The molecule has 102 valence electrons. The Morgan fingerprint density at radius 3 is 2.85 bits per heavy atom. The van der Waals surface area contributed by atoms with Crippen molar-refractivity contribution in [3.8, 4) is 29.4 Å². The van der Waals surface area contributed by atoms with Crippen molar-refractivity contribution in [3.05, 3.63) is 30.1 Å². The molecule has 0 aliphatic heterocycles. The minimum Gasteiger partial charge on any atom is -0.496 e. The van der Waals surface area contributed by atoms with Gasteiger partial charge in [-0.2, -0.15) is 0 Å². The predicted octanol–water partition coefficient (Wildman–Crippen LogP) is 2.65. The number of anilines is 1. The zero-order valence-corrected chi connectivity index (χ0v) is 11.5. The van der Waals surface area contributed by atoms with Gasteiger partial charge in [0.25, 0.3) is 0 Å². The number of imidazole rings is 1. The first kappa shape index (κ1) is 12.6. The quantitative estimate of drug-likeness (QED) is 0.866. The first-order valence-corrected chi connectivity index (χ1v) is 6.69. The van der Waals surface area contributed by atoms with E-state index in [0.717, 1.165) is 35.7 Å². The first-order valence-electron chi connectivity index (χ1n) is 6.69. The van der Waals surface area contributed by atoms with Crippen LogP contribution >= 0.6 is 0 Å². The minimum absolute atomic E-state index is 0.458. The Kier molecular flexibility index (Phi) is 3.11. The number of aromatic nitrogens is 2. The summed E-state index contributed by atoms with van der Waals surface area (Å²) in [6.07, 6.45) is 7.76. The SMILES string of the molecule is C#CCn1c(C2CC2)nc(-c2ccccc2OC)c1N. The van der Waals surface area contributed by atoms with Crippen LogP contribution in [0.25, 0.3) is 11.3 Å². The molecule has 1 aliphatic carbocycles. The fourth-order valence-corrected chi connectivity index (χ4v) is 2.43. The fraction of sp³-hybridized carbons (Fsp3) is 0.312. The van der Waals surface area contributed by atoms with Crippen LogP contribution in [0.4, 0.5) is 5.82 Å². The van der Waals surface area contributed by atoms with Crippen molar-refractivity contribution in [2.24, 2.45) is 0 Å². The maximum absolute atomic E-state index is 6.26. The fourth-order valence-electron chi connectivity index (χ4n) is 2.43. The molecule has 0 atom stereocenters. The van der Waals surface area contributed by atoms with Gasteiger partial charge in [-0.15, -0.1) is 6.42 Å². The molecule has 3 rings (SSSR count). The standard InChI is InChI=1S/C16H17N3O/c1-3-10-19-15(17)14(18-16(19)11-8-9-11)12-6-4-5-7-13(12)20-2/h1,4-7,11H,8-10,17H2,2H3. The number of nitrogens with zero attached hydrogens (tertiary/aromatic N) is 2. The monoisotopic (exact) mass is 267 g/mol. The number of rotatable bonds is 4. The molecule has 1 aromatic heterocycles. The van der Waals surface area contributed by atoms with E-state index in [-0.39, 0.29) is 0 Å². The van der Waals surface area contributed by atoms with Crippen LogP contribution in [0, 0.1) is 12.3 Å². The molecule has 1 fully saturated rings. The van der Waals surface area contributed by atoms with Crippen LogP contribution in [0.2, 0.25) is 0 Å². The number of benzene rings is 1. The lowest BCUT2D eigenvalue weighted by Gasteiger charge is -2.07. The van der Waals surface area contributed by atoms with Gasteiger partial charge in [0.05, 0.1) is 13.7 Å². The topological polar surface area (TPSA) is 53.1 Å². The molecule has 1 heterocycles. The number of hydrogen-bond donors (Lipinski definition) is 1. The molecule has 0 bridgehead atoms. The van der Waals surface area contributed by atoms with Crippen LogP contribution in [-0.4, -0.2) is 16.7 Å². The lowest BCUT2D eigenvalue weighted by molar-refractivity contribution is 0.416. The molecule has 1 aromatic carbocycles. The Morgan fingerprint density at radius 1 is 1.45 bits per heavy atom. The molecule has 0 radical (unpaired) electrons. The van der Waals surface area contributed by atoms with Gasteiger partial charge in [0.2, 0.25) is 0 Å². The molecular formula is C16H17N3O. The molecule has 20 heavy (non-hydrogen) atoms. The van der Waals surface area contributed by atoms with Gasteiger partial charge in [0.15, 0.2) is 0 Å². The van der Waals surface area contributed by atoms with Gasteiger partial charge in [-0.1, -0.05) is 18.1 Å². The van der Waals surface area contributed by atoms with Crippen LogP contribution in [-0.2, 0) is 6.54 Å². The van der Waals surface area contributed by atoms with Gasteiger partial charge in [0, 0.05) is 11.5 Å². The molecule has 1 saturated carbocycles. The number of nitrogens with two attached hydrogens (primary N) is 1. The van der Waals surface area contributed by atoms with Crippen LogP contribution in [0.5, 0.6) is 5.75 Å². The van der Waals surface area contributed by atoms with E-state index < -0.39 is 0 Å². The van der Waals surface area contributed by atoms with E-state index in [1.54, 1.807) is 7.11 Å². The molecule has 1 aliphatic rings. The summed E-state index contributed by atoms with van der Waals surface area (Å²) < 4.78 is 7.34. The van der Waals surface area contributed by atoms with Crippen molar-refractivity contribution >= 4 is 5.82 Å². The summed E-state index contributed by atoms with van der Waals surface area (Å²) in [6, 6.07) is 7.76. The Hall–Kier alpha value is -2.41. The Bertz CT molecular complexity index is 678. The number of methoxy groups -OCH3 is 1. The first-order chi connectivity index (χ1) is 9.76. The number of hydrogen-bond acceptors (Lipinski definition) is 3. The Morgan fingerprint density at radius 2 is 2.20 bits per heavy atom. The molecule has 2 N–H and O–H groups in total. The van der Waals surface area contributed by atoms with Gasteiger partial charge >= 0.3 is 0 Å². The summed E-state index contributed by atoms with van der Waals surface area (Å²) in [7, 11) is 1.65. The van der Waals surface area contributed by atoms with Crippen molar-refractivity contribution in [3.63, 3.8) is 0 Å². The second-order valence-corrected chi connectivity index (χ2v) is 4.97. The molecule has 0 saturated heterocycles. The molecule has 0 unspecified atom stereocenters. The lowest BCUT2D eigenvalue weighted by Crippen LogP contribution is -2.05. The highest BCUT2D eigenvalue weighted by Crippen LogP contribution is 2.43. The van der Waals surface area contributed by atoms with Gasteiger partial charge in [0.1, 0.15) is 23.1 Å².